The van der Waals surface area contributed by atoms with Crippen molar-refractivity contribution in [3.63, 3.8) is 0 Å². The summed E-state index contributed by atoms with van der Waals surface area (Å²) >= 11 is 0. The Bertz CT molecular complexity index is 968. The van der Waals surface area contributed by atoms with Crippen LogP contribution in [-0.4, -0.2) is 21.6 Å². The average molecular weight is 340 g/mol. The number of aryl methyl sites for hydroxylation is 3. The summed E-state index contributed by atoms with van der Waals surface area (Å²) in [7, 11) is 1.83. The molecule has 25 heavy (non-hydrogen) atoms. The van der Waals surface area contributed by atoms with E-state index in [1.54, 1.807) is 10.7 Å². The standard InChI is InChI=1S/C18H20N4O3/c1-10-13-7-5-6-8-15(13)25-17(10)18(24)20-19-16(23)9-14-11(2)21-22(4)12(14)3/h5-8H,9H2,1-4H3,(H,19,23)(H,20,24). The first-order valence-electron chi connectivity index (χ1n) is 7.95. The van der Waals surface area contributed by atoms with Crippen LogP contribution in [0, 0.1) is 20.8 Å². The minimum Gasteiger partial charge on any atom is -0.451 e. The van der Waals surface area contributed by atoms with Crippen LogP contribution in [0.4, 0.5) is 0 Å². The number of fused-ring (bicyclic) bond motifs is 1. The maximum absolute atomic E-state index is 12.3. The zero-order valence-electron chi connectivity index (χ0n) is 14.6. The van der Waals surface area contributed by atoms with Crippen LogP contribution in [0.1, 0.15) is 33.1 Å². The summed E-state index contributed by atoms with van der Waals surface area (Å²) in [5.74, 6) is -0.613. The highest BCUT2D eigenvalue weighted by atomic mass is 16.3. The minimum atomic E-state index is -0.485. The monoisotopic (exact) mass is 340 g/mol. The van der Waals surface area contributed by atoms with Gasteiger partial charge in [-0.1, -0.05) is 18.2 Å². The summed E-state index contributed by atoms with van der Waals surface area (Å²) in [6.07, 6.45) is 0.144. The number of hydrogen-bond donors (Lipinski definition) is 2. The first-order valence-corrected chi connectivity index (χ1v) is 7.95. The molecule has 0 spiro atoms. The number of amides is 2. The highest BCUT2D eigenvalue weighted by molar-refractivity contribution is 5.99. The molecule has 0 aliphatic heterocycles. The fraction of sp³-hybridized carbons (Fsp3) is 0.278. The molecule has 7 nitrogen and oxygen atoms in total. The summed E-state index contributed by atoms with van der Waals surface area (Å²) in [5.41, 5.74) is 8.79. The zero-order valence-corrected chi connectivity index (χ0v) is 14.6. The summed E-state index contributed by atoms with van der Waals surface area (Å²) in [6, 6.07) is 7.41. The van der Waals surface area contributed by atoms with Crippen LogP contribution in [0.2, 0.25) is 0 Å². The Kier molecular flexibility index (Phi) is 4.31. The molecule has 1 aromatic carbocycles. The Morgan fingerprint density at radius 3 is 2.52 bits per heavy atom. The van der Waals surface area contributed by atoms with Crippen molar-refractivity contribution in [2.24, 2.45) is 7.05 Å². The van der Waals surface area contributed by atoms with Crippen molar-refractivity contribution < 1.29 is 14.0 Å². The third-order valence-electron chi connectivity index (χ3n) is 4.36. The molecule has 0 unspecified atom stereocenters. The lowest BCUT2D eigenvalue weighted by Crippen LogP contribution is -2.42. The first-order chi connectivity index (χ1) is 11.9. The molecule has 3 rings (SSSR count). The number of carbonyl (C=O) groups excluding carboxylic acids is 2. The third kappa shape index (κ3) is 3.13. The van der Waals surface area contributed by atoms with Gasteiger partial charge in [-0.15, -0.1) is 0 Å². The van der Waals surface area contributed by atoms with Gasteiger partial charge in [-0.2, -0.15) is 5.10 Å². The second kappa shape index (κ2) is 6.43. The van der Waals surface area contributed by atoms with E-state index in [2.05, 4.69) is 16.0 Å². The number of furan rings is 1. The predicted octanol–water partition coefficient (Wildman–Crippen LogP) is 2.10. The SMILES string of the molecule is Cc1nn(C)c(C)c1CC(=O)NNC(=O)c1oc2ccccc2c1C. The molecule has 2 heterocycles. The Balaban J connectivity index is 1.67. The number of hydrazine groups is 1. The zero-order chi connectivity index (χ0) is 18.1. The van der Waals surface area contributed by atoms with Crippen LogP contribution in [-0.2, 0) is 18.3 Å². The molecule has 3 aromatic rings. The molecule has 0 aliphatic rings. The van der Waals surface area contributed by atoms with Crippen LogP contribution in [0.25, 0.3) is 11.0 Å². The molecule has 0 saturated carbocycles. The largest absolute Gasteiger partial charge is 0.451 e. The van der Waals surface area contributed by atoms with Crippen molar-refractivity contribution in [3.05, 3.63) is 52.5 Å². The van der Waals surface area contributed by atoms with Gasteiger partial charge < -0.3 is 4.42 Å². The van der Waals surface area contributed by atoms with E-state index in [1.165, 1.54) is 0 Å². The van der Waals surface area contributed by atoms with Gasteiger partial charge in [0.2, 0.25) is 5.91 Å². The van der Waals surface area contributed by atoms with E-state index in [1.807, 2.05) is 46.0 Å². The molecule has 0 fully saturated rings. The fourth-order valence-corrected chi connectivity index (χ4v) is 2.85. The predicted molar refractivity (Wildman–Crippen MR) is 92.9 cm³/mol. The molecule has 0 aliphatic carbocycles. The van der Waals surface area contributed by atoms with Crippen molar-refractivity contribution in [2.75, 3.05) is 0 Å². The molecule has 2 N–H and O–H groups in total. The Morgan fingerprint density at radius 1 is 1.16 bits per heavy atom. The fourth-order valence-electron chi connectivity index (χ4n) is 2.85. The molecule has 7 heteroatoms. The van der Waals surface area contributed by atoms with E-state index < -0.39 is 5.91 Å². The molecule has 0 saturated heterocycles. The molecule has 2 amide bonds. The maximum atomic E-state index is 12.3. The number of aromatic nitrogens is 2. The number of carbonyl (C=O) groups is 2. The highest BCUT2D eigenvalue weighted by Gasteiger charge is 2.19. The number of para-hydroxylation sites is 1. The summed E-state index contributed by atoms with van der Waals surface area (Å²) in [6.45, 7) is 5.57. The van der Waals surface area contributed by atoms with Crippen molar-refractivity contribution in [1.82, 2.24) is 20.6 Å². The molecular formula is C18H20N4O3. The number of benzene rings is 1. The smallest absolute Gasteiger partial charge is 0.305 e. The lowest BCUT2D eigenvalue weighted by atomic mass is 10.1. The van der Waals surface area contributed by atoms with Crippen LogP contribution >= 0.6 is 0 Å². The number of nitrogens with zero attached hydrogens (tertiary/aromatic N) is 2. The topological polar surface area (TPSA) is 89.2 Å². The van der Waals surface area contributed by atoms with Gasteiger partial charge in [-0.05, 0) is 26.8 Å². The lowest BCUT2D eigenvalue weighted by molar-refractivity contribution is -0.121. The van der Waals surface area contributed by atoms with Crippen molar-refractivity contribution in [2.45, 2.75) is 27.2 Å². The average Bonchev–Trinajstić information content (AvgIpc) is 3.05. The molecule has 0 atom stereocenters. The van der Waals surface area contributed by atoms with Gasteiger partial charge in [-0.25, -0.2) is 0 Å². The van der Waals surface area contributed by atoms with Crippen LogP contribution < -0.4 is 10.9 Å². The normalized spacial score (nSPS) is 10.9. The van der Waals surface area contributed by atoms with E-state index >= 15 is 0 Å². The summed E-state index contributed by atoms with van der Waals surface area (Å²) < 4.78 is 7.31. The van der Waals surface area contributed by atoms with E-state index in [4.69, 9.17) is 4.42 Å². The Labute approximate surface area is 145 Å². The van der Waals surface area contributed by atoms with Gasteiger partial charge in [0.15, 0.2) is 5.76 Å². The molecular weight excluding hydrogens is 320 g/mol. The van der Waals surface area contributed by atoms with E-state index in [0.717, 1.165) is 27.9 Å². The van der Waals surface area contributed by atoms with E-state index in [0.29, 0.717) is 5.58 Å². The second-order valence-corrected chi connectivity index (χ2v) is 6.00. The molecule has 2 aromatic heterocycles. The first kappa shape index (κ1) is 16.8. The minimum absolute atomic E-state index is 0.144. The number of rotatable bonds is 3. The van der Waals surface area contributed by atoms with Gasteiger partial charge in [0.25, 0.3) is 0 Å². The quantitative estimate of drug-likeness (QED) is 0.715. The van der Waals surface area contributed by atoms with Crippen LogP contribution in [0.5, 0.6) is 0 Å². The highest BCUT2D eigenvalue weighted by Crippen LogP contribution is 2.24. The van der Waals surface area contributed by atoms with Crippen molar-refractivity contribution in [3.8, 4) is 0 Å². The number of nitrogens with one attached hydrogen (secondary N) is 2. The maximum Gasteiger partial charge on any atom is 0.305 e. The Hall–Kier alpha value is -3.09. The van der Waals surface area contributed by atoms with Crippen molar-refractivity contribution >= 4 is 22.8 Å². The molecule has 130 valence electrons. The summed E-state index contributed by atoms with van der Waals surface area (Å²) in [4.78, 5) is 24.4. The number of hydrogen-bond acceptors (Lipinski definition) is 4. The second-order valence-electron chi connectivity index (χ2n) is 6.00. The van der Waals surface area contributed by atoms with Crippen LogP contribution in [0.3, 0.4) is 0 Å². The van der Waals surface area contributed by atoms with Crippen molar-refractivity contribution in [1.29, 1.82) is 0 Å². The van der Waals surface area contributed by atoms with Gasteiger partial charge >= 0.3 is 5.91 Å². The van der Waals surface area contributed by atoms with E-state index in [9.17, 15) is 9.59 Å². The molecule has 0 bridgehead atoms. The Morgan fingerprint density at radius 2 is 1.88 bits per heavy atom. The van der Waals surface area contributed by atoms with Crippen LogP contribution in [0.15, 0.2) is 28.7 Å². The lowest BCUT2D eigenvalue weighted by Gasteiger charge is -2.07. The third-order valence-corrected chi connectivity index (χ3v) is 4.36. The van der Waals surface area contributed by atoms with Gasteiger partial charge in [0, 0.05) is 29.3 Å². The van der Waals surface area contributed by atoms with Gasteiger partial charge in [0.05, 0.1) is 12.1 Å². The van der Waals surface area contributed by atoms with E-state index in [-0.39, 0.29) is 18.1 Å². The molecule has 0 radical (unpaired) electrons. The summed E-state index contributed by atoms with van der Waals surface area (Å²) in [5, 5.41) is 5.15. The van der Waals surface area contributed by atoms with Gasteiger partial charge in [-0.3, -0.25) is 25.1 Å². The van der Waals surface area contributed by atoms with Gasteiger partial charge in [0.1, 0.15) is 5.58 Å².